The van der Waals surface area contributed by atoms with Gasteiger partial charge in [-0.15, -0.1) is 0 Å². The third-order valence-corrected chi connectivity index (χ3v) is 8.74. The number of hydrogen-bond acceptors (Lipinski definition) is 0. The largest absolute Gasteiger partial charge is 0.0616 e. The lowest BCUT2D eigenvalue weighted by Crippen LogP contribution is -1.93. The van der Waals surface area contributed by atoms with Gasteiger partial charge in [-0.3, -0.25) is 0 Å². The van der Waals surface area contributed by atoms with Crippen molar-refractivity contribution in [3.63, 3.8) is 0 Å². The standard InChI is InChI=1S/C40H24/c1-2-10-28-21-35-29(20-27(28)9-1)13-7-16-33(35)37-22-30-19-18-25-8-3-4-15-32(25)36(30)24-39(37)38-23-31-14-5-11-26-12-6-17-34(38)40(26)31/h1-24H. The SMILES string of the molecule is C1=C(c2cc3c(ccc4ccccc43)cc2-c2cccc3cc4ccccc4cc23)c2cccc3cccc1c23. The maximum Gasteiger partial charge on any atom is -0.00324 e. The van der Waals surface area contributed by atoms with Crippen LogP contribution >= 0.6 is 0 Å². The van der Waals surface area contributed by atoms with Crippen LogP contribution in [0.2, 0.25) is 0 Å². The average Bonchev–Trinajstić information content (AvgIpc) is 3.39. The van der Waals surface area contributed by atoms with Crippen molar-refractivity contribution >= 4 is 65.5 Å². The average molecular weight is 505 g/mol. The minimum absolute atomic E-state index is 1.27. The Morgan fingerprint density at radius 1 is 0.300 bits per heavy atom. The van der Waals surface area contributed by atoms with Crippen molar-refractivity contribution in [3.05, 3.63) is 156 Å². The van der Waals surface area contributed by atoms with Crippen LogP contribution in [0.1, 0.15) is 16.7 Å². The van der Waals surface area contributed by atoms with Gasteiger partial charge in [0.15, 0.2) is 0 Å². The molecular weight excluding hydrogens is 480 g/mol. The summed E-state index contributed by atoms with van der Waals surface area (Å²) in [5.41, 5.74) is 7.76. The topological polar surface area (TPSA) is 0 Å². The molecule has 40 heavy (non-hydrogen) atoms. The molecule has 0 aliphatic heterocycles. The Morgan fingerprint density at radius 3 is 1.82 bits per heavy atom. The molecule has 0 nitrogen and oxygen atoms in total. The molecule has 0 N–H and O–H groups in total. The summed E-state index contributed by atoms with van der Waals surface area (Å²) in [5, 5.41) is 12.9. The summed E-state index contributed by atoms with van der Waals surface area (Å²) in [6.45, 7) is 0. The van der Waals surface area contributed by atoms with Crippen LogP contribution in [0.15, 0.2) is 140 Å². The molecule has 0 amide bonds. The first kappa shape index (κ1) is 21.7. The van der Waals surface area contributed by atoms with Crippen LogP contribution in [0.4, 0.5) is 0 Å². The minimum Gasteiger partial charge on any atom is -0.0616 e. The second kappa shape index (κ2) is 8.15. The number of benzene rings is 8. The Balaban J connectivity index is 1.41. The summed E-state index contributed by atoms with van der Waals surface area (Å²) < 4.78 is 0. The van der Waals surface area contributed by atoms with Crippen molar-refractivity contribution in [2.45, 2.75) is 0 Å². The van der Waals surface area contributed by atoms with Gasteiger partial charge in [-0.25, -0.2) is 0 Å². The number of rotatable bonds is 2. The van der Waals surface area contributed by atoms with Gasteiger partial charge < -0.3 is 0 Å². The summed E-state index contributed by atoms with van der Waals surface area (Å²) in [5.74, 6) is 0. The minimum atomic E-state index is 1.27. The summed E-state index contributed by atoms with van der Waals surface area (Å²) >= 11 is 0. The Bertz CT molecular complexity index is 2360. The molecule has 0 heteroatoms. The Morgan fingerprint density at radius 2 is 0.950 bits per heavy atom. The molecule has 0 atom stereocenters. The lowest BCUT2D eigenvalue weighted by Gasteiger charge is -2.17. The quantitative estimate of drug-likeness (QED) is 0.162. The van der Waals surface area contributed by atoms with Gasteiger partial charge in [-0.1, -0.05) is 115 Å². The molecule has 9 rings (SSSR count). The molecule has 0 spiro atoms. The van der Waals surface area contributed by atoms with Gasteiger partial charge in [0.2, 0.25) is 0 Å². The second-order valence-electron chi connectivity index (χ2n) is 10.9. The predicted molar refractivity (Wildman–Crippen MR) is 173 cm³/mol. The zero-order chi connectivity index (χ0) is 26.2. The van der Waals surface area contributed by atoms with Crippen LogP contribution in [0.25, 0.3) is 76.6 Å². The Labute approximate surface area is 232 Å². The van der Waals surface area contributed by atoms with Crippen LogP contribution < -0.4 is 0 Å². The first-order valence-electron chi connectivity index (χ1n) is 13.9. The van der Waals surface area contributed by atoms with Crippen LogP contribution in [0.5, 0.6) is 0 Å². The van der Waals surface area contributed by atoms with Crippen molar-refractivity contribution in [2.24, 2.45) is 0 Å². The zero-order valence-corrected chi connectivity index (χ0v) is 21.9. The van der Waals surface area contributed by atoms with E-state index in [2.05, 4.69) is 146 Å². The van der Waals surface area contributed by atoms with Crippen LogP contribution in [-0.2, 0) is 0 Å². The first-order chi connectivity index (χ1) is 19.8. The molecule has 0 fully saturated rings. The van der Waals surface area contributed by atoms with E-state index in [4.69, 9.17) is 0 Å². The highest BCUT2D eigenvalue weighted by atomic mass is 14.2. The molecule has 0 saturated heterocycles. The van der Waals surface area contributed by atoms with Crippen LogP contribution in [0.3, 0.4) is 0 Å². The third-order valence-electron chi connectivity index (χ3n) is 8.74. The van der Waals surface area contributed by atoms with E-state index in [9.17, 15) is 0 Å². The van der Waals surface area contributed by atoms with E-state index in [1.165, 1.54) is 87.3 Å². The predicted octanol–water partition coefficient (Wildman–Crippen LogP) is 11.0. The van der Waals surface area contributed by atoms with Gasteiger partial charge in [0.05, 0.1) is 0 Å². The molecular formula is C40H24. The lowest BCUT2D eigenvalue weighted by molar-refractivity contribution is 1.62. The van der Waals surface area contributed by atoms with Crippen LogP contribution in [-0.4, -0.2) is 0 Å². The summed E-state index contributed by atoms with van der Waals surface area (Å²) in [4.78, 5) is 0. The highest BCUT2D eigenvalue weighted by Crippen LogP contribution is 2.46. The number of fused-ring (bicyclic) bond motifs is 5. The fourth-order valence-corrected chi connectivity index (χ4v) is 6.87. The molecule has 184 valence electrons. The van der Waals surface area contributed by atoms with E-state index >= 15 is 0 Å². The first-order valence-corrected chi connectivity index (χ1v) is 13.9. The maximum absolute atomic E-state index is 2.45. The Hall–Kier alpha value is -5.20. The normalized spacial score (nSPS) is 12.7. The van der Waals surface area contributed by atoms with Crippen LogP contribution in [0, 0.1) is 0 Å². The fraction of sp³-hybridized carbons (Fsp3) is 0. The fourth-order valence-electron chi connectivity index (χ4n) is 6.87. The molecule has 8 aromatic rings. The van der Waals surface area contributed by atoms with Crippen molar-refractivity contribution in [3.8, 4) is 11.1 Å². The Kier molecular flexibility index (Phi) is 4.42. The van der Waals surface area contributed by atoms with Gasteiger partial charge >= 0.3 is 0 Å². The van der Waals surface area contributed by atoms with E-state index in [0.29, 0.717) is 0 Å². The maximum atomic E-state index is 2.45. The molecule has 1 aliphatic rings. The van der Waals surface area contributed by atoms with Crippen molar-refractivity contribution in [1.29, 1.82) is 0 Å². The highest BCUT2D eigenvalue weighted by molar-refractivity contribution is 6.18. The van der Waals surface area contributed by atoms with Gasteiger partial charge in [0.25, 0.3) is 0 Å². The summed E-state index contributed by atoms with van der Waals surface area (Å²) in [7, 11) is 0. The van der Waals surface area contributed by atoms with Gasteiger partial charge in [-0.2, -0.15) is 0 Å². The number of hydrogen-bond donors (Lipinski definition) is 0. The molecule has 0 saturated carbocycles. The molecule has 0 heterocycles. The van der Waals surface area contributed by atoms with Crippen molar-refractivity contribution < 1.29 is 0 Å². The highest BCUT2D eigenvalue weighted by Gasteiger charge is 2.22. The lowest BCUT2D eigenvalue weighted by atomic mass is 9.86. The van der Waals surface area contributed by atoms with E-state index in [0.717, 1.165) is 0 Å². The van der Waals surface area contributed by atoms with E-state index in [1.54, 1.807) is 0 Å². The smallest absolute Gasteiger partial charge is 0.00324 e. The van der Waals surface area contributed by atoms with Gasteiger partial charge in [0, 0.05) is 0 Å². The molecule has 0 bridgehead atoms. The van der Waals surface area contributed by atoms with E-state index in [-0.39, 0.29) is 0 Å². The molecule has 0 aromatic heterocycles. The monoisotopic (exact) mass is 504 g/mol. The van der Waals surface area contributed by atoms with Gasteiger partial charge in [0.1, 0.15) is 0 Å². The molecule has 8 aromatic carbocycles. The molecule has 0 radical (unpaired) electrons. The molecule has 0 unspecified atom stereocenters. The second-order valence-corrected chi connectivity index (χ2v) is 10.9. The van der Waals surface area contributed by atoms with E-state index in [1.807, 2.05) is 0 Å². The third kappa shape index (κ3) is 3.08. The molecule has 1 aliphatic carbocycles. The van der Waals surface area contributed by atoms with Crippen molar-refractivity contribution in [2.75, 3.05) is 0 Å². The zero-order valence-electron chi connectivity index (χ0n) is 21.9. The van der Waals surface area contributed by atoms with Gasteiger partial charge in [-0.05, 0) is 118 Å². The van der Waals surface area contributed by atoms with E-state index < -0.39 is 0 Å². The van der Waals surface area contributed by atoms with Crippen molar-refractivity contribution in [1.82, 2.24) is 0 Å². The summed E-state index contributed by atoms with van der Waals surface area (Å²) in [6, 6.07) is 51.6. The summed E-state index contributed by atoms with van der Waals surface area (Å²) in [6.07, 6.45) is 2.40.